The fraction of sp³-hybridized carbons (Fsp3) is 0.333. The number of benzene rings is 2. The molecule has 2 aromatic carbocycles. The van der Waals surface area contributed by atoms with E-state index in [1.165, 1.54) is 19.1 Å². The number of ether oxygens (including phenoxy) is 1. The van der Waals surface area contributed by atoms with Gasteiger partial charge in [-0.05, 0) is 49.4 Å². The Bertz CT molecular complexity index is 799. The van der Waals surface area contributed by atoms with Gasteiger partial charge in [-0.2, -0.15) is 4.39 Å². The van der Waals surface area contributed by atoms with Crippen molar-refractivity contribution in [3.63, 3.8) is 0 Å². The van der Waals surface area contributed by atoms with Crippen LogP contribution in [0.5, 0.6) is 5.75 Å². The highest BCUT2D eigenvalue weighted by atomic mass is 19.2. The Kier molecular flexibility index (Phi) is 3.82. The predicted molar refractivity (Wildman–Crippen MR) is 79.6 cm³/mol. The zero-order valence-electron chi connectivity index (χ0n) is 13.1. The first-order valence-electron chi connectivity index (χ1n) is 7.50. The van der Waals surface area contributed by atoms with Crippen LogP contribution < -0.4 is 4.74 Å². The smallest absolute Gasteiger partial charge is 0.201 e. The summed E-state index contributed by atoms with van der Waals surface area (Å²) in [6, 6.07) is 2.85. The summed E-state index contributed by atoms with van der Waals surface area (Å²) >= 11 is 0. The molecule has 0 saturated heterocycles. The molecule has 0 saturated carbocycles. The molecule has 0 aliphatic heterocycles. The molecule has 122 valence electrons. The number of aryl methyl sites for hydroxylation is 1. The monoisotopic (exact) mass is 324 g/mol. The molecule has 0 aromatic heterocycles. The van der Waals surface area contributed by atoms with Crippen LogP contribution in [0.3, 0.4) is 0 Å². The Hall–Kier alpha value is -2.04. The maximum absolute atomic E-state index is 14.5. The predicted octanol–water partition coefficient (Wildman–Crippen LogP) is 5.30. The Morgan fingerprint density at radius 1 is 0.957 bits per heavy atom. The maximum atomic E-state index is 14.5. The molecule has 0 spiro atoms. The second-order valence-corrected chi connectivity index (χ2v) is 5.91. The molecular weight excluding hydrogens is 308 g/mol. The van der Waals surface area contributed by atoms with E-state index >= 15 is 0 Å². The summed E-state index contributed by atoms with van der Waals surface area (Å²) in [5.41, 5.74) is 0.613. The highest BCUT2D eigenvalue weighted by Crippen LogP contribution is 2.44. The summed E-state index contributed by atoms with van der Waals surface area (Å²) in [6.07, 6.45) is 0.580. The lowest BCUT2D eigenvalue weighted by atomic mass is 10.0. The van der Waals surface area contributed by atoms with Gasteiger partial charge < -0.3 is 4.74 Å². The van der Waals surface area contributed by atoms with Gasteiger partial charge in [-0.15, -0.1) is 0 Å². The molecular formula is C18H16F4O. The van der Waals surface area contributed by atoms with Gasteiger partial charge in [0.15, 0.2) is 23.2 Å². The zero-order chi connectivity index (χ0) is 16.9. The van der Waals surface area contributed by atoms with Crippen LogP contribution in [0.2, 0.25) is 0 Å². The molecule has 0 N–H and O–H groups in total. The van der Waals surface area contributed by atoms with Gasteiger partial charge in [0.2, 0.25) is 5.82 Å². The molecule has 2 aromatic rings. The van der Waals surface area contributed by atoms with E-state index in [9.17, 15) is 17.6 Å². The molecule has 23 heavy (non-hydrogen) atoms. The second-order valence-electron chi connectivity index (χ2n) is 5.91. The summed E-state index contributed by atoms with van der Waals surface area (Å²) in [4.78, 5) is 0. The van der Waals surface area contributed by atoms with Crippen LogP contribution >= 0.6 is 0 Å². The maximum Gasteiger partial charge on any atom is 0.201 e. The van der Waals surface area contributed by atoms with Gasteiger partial charge in [0.25, 0.3) is 0 Å². The van der Waals surface area contributed by atoms with Gasteiger partial charge in [-0.3, -0.25) is 0 Å². The molecule has 1 nitrogen and oxygen atoms in total. The van der Waals surface area contributed by atoms with Crippen LogP contribution in [-0.2, 0) is 6.42 Å². The summed E-state index contributed by atoms with van der Waals surface area (Å²) in [5, 5.41) is 0. The number of hydrogen-bond acceptors (Lipinski definition) is 1. The summed E-state index contributed by atoms with van der Waals surface area (Å²) in [5.74, 6) is -4.72. The third-order valence-electron chi connectivity index (χ3n) is 4.26. The van der Waals surface area contributed by atoms with E-state index in [1.54, 1.807) is 6.92 Å². The number of rotatable bonds is 3. The van der Waals surface area contributed by atoms with E-state index < -0.39 is 23.3 Å². The molecule has 0 fully saturated rings. The Balaban J connectivity index is 2.19. The van der Waals surface area contributed by atoms with Crippen molar-refractivity contribution in [3.05, 3.63) is 52.1 Å². The lowest BCUT2D eigenvalue weighted by Crippen LogP contribution is -2.12. The van der Waals surface area contributed by atoms with Crippen molar-refractivity contribution >= 4 is 0 Å². The van der Waals surface area contributed by atoms with E-state index in [1.807, 2.05) is 6.92 Å². The first-order valence-corrected chi connectivity index (χ1v) is 7.50. The molecule has 5 heteroatoms. The fourth-order valence-corrected chi connectivity index (χ4v) is 2.88. The molecule has 1 atom stereocenters. The topological polar surface area (TPSA) is 9.23 Å². The summed E-state index contributed by atoms with van der Waals surface area (Å²) in [7, 11) is 0. The SMILES string of the molecule is CCC(C)Oc1cc2c(c(F)c1F)-c1c(cc(C)c(F)c1F)C2. The molecule has 3 rings (SSSR count). The summed E-state index contributed by atoms with van der Waals surface area (Å²) in [6.45, 7) is 5.05. The van der Waals surface area contributed by atoms with E-state index in [4.69, 9.17) is 4.74 Å². The van der Waals surface area contributed by atoms with Crippen LogP contribution in [0.15, 0.2) is 12.1 Å². The minimum absolute atomic E-state index is 0.144. The van der Waals surface area contributed by atoms with Crippen molar-refractivity contribution in [2.45, 2.75) is 39.7 Å². The van der Waals surface area contributed by atoms with Crippen molar-refractivity contribution in [3.8, 4) is 16.9 Å². The van der Waals surface area contributed by atoms with Gasteiger partial charge in [-0.25, -0.2) is 13.2 Å². The normalized spacial score (nSPS) is 13.7. The number of fused-ring (bicyclic) bond motifs is 3. The zero-order valence-corrected chi connectivity index (χ0v) is 13.1. The molecule has 0 bridgehead atoms. The summed E-state index contributed by atoms with van der Waals surface area (Å²) < 4.78 is 62.1. The minimum atomic E-state index is -1.19. The van der Waals surface area contributed by atoms with Gasteiger partial charge in [-0.1, -0.05) is 13.0 Å². The van der Waals surface area contributed by atoms with Gasteiger partial charge in [0.05, 0.1) is 6.10 Å². The molecule has 1 aliphatic rings. The molecule has 0 amide bonds. The van der Waals surface area contributed by atoms with Crippen molar-refractivity contribution in [1.82, 2.24) is 0 Å². The number of hydrogen-bond donors (Lipinski definition) is 0. The van der Waals surface area contributed by atoms with Gasteiger partial charge in [0.1, 0.15) is 0 Å². The van der Waals surface area contributed by atoms with E-state index in [0.717, 1.165) is 0 Å². The first kappa shape index (κ1) is 15.8. The van der Waals surface area contributed by atoms with Gasteiger partial charge in [0, 0.05) is 11.1 Å². The Morgan fingerprint density at radius 3 is 2.13 bits per heavy atom. The first-order chi connectivity index (χ1) is 10.8. The van der Waals surface area contributed by atoms with Crippen molar-refractivity contribution in [1.29, 1.82) is 0 Å². The number of halogens is 4. The molecule has 0 heterocycles. The third kappa shape index (κ3) is 2.38. The average Bonchev–Trinajstić information content (AvgIpc) is 2.88. The van der Waals surface area contributed by atoms with Crippen molar-refractivity contribution < 1.29 is 22.3 Å². The van der Waals surface area contributed by atoms with Crippen LogP contribution in [0.1, 0.15) is 37.0 Å². The van der Waals surface area contributed by atoms with Crippen molar-refractivity contribution in [2.24, 2.45) is 0 Å². The van der Waals surface area contributed by atoms with E-state index in [0.29, 0.717) is 17.5 Å². The molecule has 0 radical (unpaired) electrons. The molecule has 1 unspecified atom stereocenters. The van der Waals surface area contributed by atoms with Crippen molar-refractivity contribution in [2.75, 3.05) is 0 Å². The van der Waals surface area contributed by atoms with Crippen LogP contribution in [0.25, 0.3) is 11.1 Å². The Morgan fingerprint density at radius 2 is 1.52 bits per heavy atom. The fourth-order valence-electron chi connectivity index (χ4n) is 2.88. The highest BCUT2D eigenvalue weighted by Gasteiger charge is 2.31. The quantitative estimate of drug-likeness (QED) is 0.594. The lowest BCUT2D eigenvalue weighted by Gasteiger charge is -2.15. The van der Waals surface area contributed by atoms with Crippen LogP contribution in [0, 0.1) is 30.2 Å². The lowest BCUT2D eigenvalue weighted by molar-refractivity contribution is 0.205. The highest BCUT2D eigenvalue weighted by molar-refractivity contribution is 5.79. The molecule has 1 aliphatic carbocycles. The average molecular weight is 324 g/mol. The second kappa shape index (κ2) is 5.55. The largest absolute Gasteiger partial charge is 0.488 e. The minimum Gasteiger partial charge on any atom is -0.488 e. The van der Waals surface area contributed by atoms with E-state index in [2.05, 4.69) is 0 Å². The Labute approximate surface area is 131 Å². The van der Waals surface area contributed by atoms with Crippen LogP contribution in [0.4, 0.5) is 17.6 Å². The third-order valence-corrected chi connectivity index (χ3v) is 4.26. The standard InChI is InChI=1S/C18H16F4O/c1-4-9(3)23-12-7-11-6-10-5-8(2)15(19)17(21)13(10)14(11)18(22)16(12)20/h5,7,9H,4,6H2,1-3H3. The van der Waals surface area contributed by atoms with E-state index in [-0.39, 0.29) is 35.0 Å². The van der Waals surface area contributed by atoms with Gasteiger partial charge >= 0.3 is 0 Å². The van der Waals surface area contributed by atoms with Crippen LogP contribution in [-0.4, -0.2) is 6.10 Å².